The smallest absolute Gasteiger partial charge is 0.254 e. The third-order valence-corrected chi connectivity index (χ3v) is 8.68. The van der Waals surface area contributed by atoms with Crippen LogP contribution in [0.2, 0.25) is 0 Å². The van der Waals surface area contributed by atoms with Crippen LogP contribution >= 0.6 is 11.7 Å². The van der Waals surface area contributed by atoms with Crippen molar-refractivity contribution in [2.45, 2.75) is 47.9 Å². The number of sulfone groups is 1. The van der Waals surface area contributed by atoms with Crippen molar-refractivity contribution < 1.29 is 13.2 Å². The lowest BCUT2D eigenvalue weighted by molar-refractivity contribution is 0.0598. The summed E-state index contributed by atoms with van der Waals surface area (Å²) >= 11 is 1.13. The van der Waals surface area contributed by atoms with Gasteiger partial charge in [-0.2, -0.15) is 8.75 Å². The average molecular weight is 414 g/mol. The van der Waals surface area contributed by atoms with E-state index in [1.165, 1.54) is 0 Å². The topological polar surface area (TPSA) is 80.2 Å². The van der Waals surface area contributed by atoms with Crippen LogP contribution in [0.5, 0.6) is 0 Å². The number of aromatic nitrogens is 2. The lowest BCUT2D eigenvalue weighted by atomic mass is 10.0. The summed E-state index contributed by atoms with van der Waals surface area (Å²) in [5.74, 6) is -0.0297. The second kappa shape index (κ2) is 6.63. The summed E-state index contributed by atoms with van der Waals surface area (Å²) in [5, 5.41) is -0.429. The number of carbonyl (C=O) groups is 1. The number of carbonyl (C=O) groups excluding carboxylic acids is 1. The van der Waals surface area contributed by atoms with Crippen molar-refractivity contribution in [2.75, 3.05) is 0 Å². The molecule has 5 rings (SSSR count). The van der Waals surface area contributed by atoms with Crippen LogP contribution in [0.3, 0.4) is 0 Å². The van der Waals surface area contributed by atoms with Crippen LogP contribution in [-0.4, -0.2) is 45.3 Å². The third kappa shape index (κ3) is 2.82. The number of piperidine rings is 1. The van der Waals surface area contributed by atoms with Gasteiger partial charge in [0.15, 0.2) is 9.84 Å². The molecule has 2 saturated heterocycles. The predicted octanol–water partition coefficient (Wildman–Crippen LogP) is 3.30. The Morgan fingerprint density at radius 3 is 2.36 bits per heavy atom. The Kier molecular flexibility index (Phi) is 4.21. The van der Waals surface area contributed by atoms with E-state index in [4.69, 9.17) is 0 Å². The Balaban J connectivity index is 1.40. The zero-order valence-corrected chi connectivity index (χ0v) is 16.7. The second-order valence-electron chi connectivity index (χ2n) is 7.52. The van der Waals surface area contributed by atoms with E-state index < -0.39 is 15.1 Å². The number of amides is 1. The summed E-state index contributed by atoms with van der Waals surface area (Å²) in [4.78, 5) is 15.5. The molecule has 0 radical (unpaired) electrons. The minimum Gasteiger partial charge on any atom is -0.333 e. The molecule has 0 unspecified atom stereocenters. The van der Waals surface area contributed by atoms with E-state index in [9.17, 15) is 13.2 Å². The molecule has 28 heavy (non-hydrogen) atoms. The fraction of sp³-hybridized carbons (Fsp3) is 0.350. The average Bonchev–Trinajstić information content (AvgIpc) is 3.29. The molecule has 1 aromatic heterocycles. The van der Waals surface area contributed by atoms with Gasteiger partial charge in [0.1, 0.15) is 11.0 Å². The van der Waals surface area contributed by atoms with Gasteiger partial charge in [0.05, 0.1) is 21.9 Å². The summed E-state index contributed by atoms with van der Waals surface area (Å²) in [5.41, 5.74) is 2.11. The van der Waals surface area contributed by atoms with Crippen molar-refractivity contribution in [3.63, 3.8) is 0 Å². The summed E-state index contributed by atoms with van der Waals surface area (Å²) in [6, 6.07) is 14.0. The summed E-state index contributed by atoms with van der Waals surface area (Å²) < 4.78 is 34.5. The molecule has 0 aliphatic carbocycles. The number of benzene rings is 2. The van der Waals surface area contributed by atoms with Crippen LogP contribution in [0, 0.1) is 0 Å². The second-order valence-corrected chi connectivity index (χ2v) is 10.3. The first-order valence-electron chi connectivity index (χ1n) is 9.38. The summed E-state index contributed by atoms with van der Waals surface area (Å²) in [6.07, 6.45) is 2.72. The fourth-order valence-electron chi connectivity index (χ4n) is 4.58. The molecule has 3 heterocycles. The molecule has 1 amide bonds. The minimum absolute atomic E-state index is 0.0287. The van der Waals surface area contributed by atoms with Gasteiger partial charge < -0.3 is 4.90 Å². The molecule has 2 aromatic carbocycles. The monoisotopic (exact) mass is 413 g/mol. The molecule has 2 atom stereocenters. The number of hydrogen-bond donors (Lipinski definition) is 0. The maximum atomic E-state index is 13.2. The van der Waals surface area contributed by atoms with E-state index in [0.717, 1.165) is 35.6 Å². The Bertz CT molecular complexity index is 1130. The van der Waals surface area contributed by atoms with E-state index >= 15 is 0 Å². The van der Waals surface area contributed by atoms with Crippen molar-refractivity contribution in [2.24, 2.45) is 0 Å². The van der Waals surface area contributed by atoms with E-state index in [-0.39, 0.29) is 18.0 Å². The molecule has 3 aromatic rings. The minimum atomic E-state index is -3.38. The molecule has 6 nitrogen and oxygen atoms in total. The third-order valence-electron chi connectivity index (χ3n) is 5.94. The molecule has 0 N–H and O–H groups in total. The maximum absolute atomic E-state index is 13.2. The normalized spacial score (nSPS) is 24.6. The molecule has 2 aliphatic heterocycles. The SMILES string of the molecule is O=C(c1ccc2nsnc2c1)N1[C@@H]2CC[C@@H]1CC(S(=O)(=O)c1ccccc1)C2. The van der Waals surface area contributed by atoms with E-state index in [1.54, 1.807) is 36.4 Å². The maximum Gasteiger partial charge on any atom is 0.254 e. The van der Waals surface area contributed by atoms with Gasteiger partial charge in [0, 0.05) is 17.6 Å². The number of nitrogens with zero attached hydrogens (tertiary/aromatic N) is 3. The molecular formula is C20H19N3O3S2. The highest BCUT2D eigenvalue weighted by molar-refractivity contribution is 7.92. The largest absolute Gasteiger partial charge is 0.333 e. The van der Waals surface area contributed by atoms with Gasteiger partial charge in [-0.25, -0.2) is 8.42 Å². The lowest BCUT2D eigenvalue weighted by Gasteiger charge is -2.38. The van der Waals surface area contributed by atoms with Crippen LogP contribution in [0.15, 0.2) is 53.4 Å². The number of hydrogen-bond acceptors (Lipinski definition) is 6. The van der Waals surface area contributed by atoms with Crippen LogP contribution in [0.1, 0.15) is 36.0 Å². The van der Waals surface area contributed by atoms with Gasteiger partial charge in [-0.05, 0) is 56.0 Å². The van der Waals surface area contributed by atoms with Gasteiger partial charge >= 0.3 is 0 Å². The quantitative estimate of drug-likeness (QED) is 0.658. The summed E-state index contributed by atoms with van der Waals surface area (Å²) in [6.45, 7) is 0. The Hall–Kier alpha value is -2.32. The highest BCUT2D eigenvalue weighted by Gasteiger charge is 2.47. The highest BCUT2D eigenvalue weighted by Crippen LogP contribution is 2.40. The van der Waals surface area contributed by atoms with Gasteiger partial charge in [0.25, 0.3) is 5.91 Å². The number of rotatable bonds is 3. The lowest BCUT2D eigenvalue weighted by Crippen LogP contribution is -2.49. The van der Waals surface area contributed by atoms with Crippen LogP contribution < -0.4 is 0 Å². The van der Waals surface area contributed by atoms with Gasteiger partial charge in [0.2, 0.25) is 0 Å². The molecule has 144 valence electrons. The fourth-order valence-corrected chi connectivity index (χ4v) is 6.97. The molecule has 2 fully saturated rings. The molecule has 8 heteroatoms. The Morgan fingerprint density at radius 1 is 0.964 bits per heavy atom. The van der Waals surface area contributed by atoms with Crippen molar-refractivity contribution in [3.8, 4) is 0 Å². The Labute approximate surface area is 167 Å². The van der Waals surface area contributed by atoms with Crippen molar-refractivity contribution in [1.82, 2.24) is 13.6 Å². The molecular weight excluding hydrogens is 394 g/mol. The first-order chi connectivity index (χ1) is 13.5. The number of fused-ring (bicyclic) bond motifs is 3. The van der Waals surface area contributed by atoms with Crippen LogP contribution in [0.25, 0.3) is 11.0 Å². The highest BCUT2D eigenvalue weighted by atomic mass is 32.2. The molecule has 2 bridgehead atoms. The summed E-state index contributed by atoms with van der Waals surface area (Å²) in [7, 11) is -3.38. The molecule has 2 aliphatic rings. The first kappa shape index (κ1) is 17.8. The molecule has 0 spiro atoms. The zero-order chi connectivity index (χ0) is 19.3. The predicted molar refractivity (Wildman–Crippen MR) is 107 cm³/mol. The van der Waals surface area contributed by atoms with E-state index in [1.807, 2.05) is 17.0 Å². The Morgan fingerprint density at radius 2 is 1.64 bits per heavy atom. The first-order valence-corrected chi connectivity index (χ1v) is 11.7. The standard InChI is InChI=1S/C20H19N3O3S2/c24-20(13-6-9-18-19(10-13)22-27-21-18)23-14-7-8-15(23)12-17(11-14)28(25,26)16-4-2-1-3-5-16/h1-6,9-10,14-15,17H,7-8,11-12H2/t14-,15-/m1/s1. The van der Waals surface area contributed by atoms with E-state index in [0.29, 0.717) is 23.3 Å². The van der Waals surface area contributed by atoms with Crippen molar-refractivity contribution in [3.05, 3.63) is 54.1 Å². The van der Waals surface area contributed by atoms with Crippen LogP contribution in [0.4, 0.5) is 0 Å². The van der Waals surface area contributed by atoms with Crippen LogP contribution in [-0.2, 0) is 9.84 Å². The van der Waals surface area contributed by atoms with Gasteiger partial charge in [-0.3, -0.25) is 4.79 Å². The van der Waals surface area contributed by atoms with Gasteiger partial charge in [-0.15, -0.1) is 0 Å². The van der Waals surface area contributed by atoms with E-state index in [2.05, 4.69) is 8.75 Å². The van der Waals surface area contributed by atoms with Crippen molar-refractivity contribution >= 4 is 38.5 Å². The molecule has 0 saturated carbocycles. The van der Waals surface area contributed by atoms with Crippen molar-refractivity contribution in [1.29, 1.82) is 0 Å². The van der Waals surface area contributed by atoms with Gasteiger partial charge in [-0.1, -0.05) is 18.2 Å². The zero-order valence-electron chi connectivity index (χ0n) is 15.1.